The highest BCUT2D eigenvalue weighted by atomic mass is 19.3. The van der Waals surface area contributed by atoms with Crippen LogP contribution in [-0.4, -0.2) is 66.2 Å². The largest absolute Gasteiger partial charge is 0.358 e. The summed E-state index contributed by atoms with van der Waals surface area (Å²) < 4.78 is 28.7. The SMILES string of the molecule is CN1CCC(c2cc3c(cc2C(F)F)N(C(=N)C2=C(Nc4ccncc4)CCN(C(N)=O)C2)CCC3)C=N1. The van der Waals surface area contributed by atoms with Crippen LogP contribution in [0.15, 0.2) is 53.0 Å². The van der Waals surface area contributed by atoms with Gasteiger partial charge >= 0.3 is 6.03 Å². The molecule has 11 heteroatoms. The molecule has 0 radical (unpaired) electrons. The van der Waals surface area contributed by atoms with Crippen molar-refractivity contribution in [1.29, 1.82) is 5.41 Å². The summed E-state index contributed by atoms with van der Waals surface area (Å²) >= 11 is 0. The van der Waals surface area contributed by atoms with Gasteiger partial charge in [-0.2, -0.15) is 5.10 Å². The van der Waals surface area contributed by atoms with Gasteiger partial charge in [-0.25, -0.2) is 13.6 Å². The fourth-order valence-electron chi connectivity index (χ4n) is 5.38. The van der Waals surface area contributed by atoms with E-state index in [-0.39, 0.29) is 23.9 Å². The van der Waals surface area contributed by atoms with Crippen LogP contribution < -0.4 is 16.0 Å². The maximum atomic E-state index is 14.3. The molecule has 1 aromatic heterocycles. The summed E-state index contributed by atoms with van der Waals surface area (Å²) in [6.45, 7) is 1.81. The number of carbonyl (C=O) groups excluding carboxylic acids is 1. The molecular formula is C27H32F2N8O. The van der Waals surface area contributed by atoms with Gasteiger partial charge in [0.2, 0.25) is 0 Å². The number of nitrogens with two attached hydrogens (primary N) is 1. The predicted molar refractivity (Wildman–Crippen MR) is 144 cm³/mol. The zero-order chi connectivity index (χ0) is 26.8. The molecule has 200 valence electrons. The Morgan fingerprint density at radius 2 is 1.97 bits per heavy atom. The van der Waals surface area contributed by atoms with Crippen LogP contribution in [-0.2, 0) is 6.42 Å². The Bertz CT molecular complexity index is 1280. The Balaban J connectivity index is 1.52. The second-order valence-corrected chi connectivity index (χ2v) is 9.88. The van der Waals surface area contributed by atoms with E-state index in [1.165, 1.54) is 4.90 Å². The molecule has 5 rings (SSSR count). The number of hydrazone groups is 1. The maximum absolute atomic E-state index is 14.3. The van der Waals surface area contributed by atoms with E-state index in [2.05, 4.69) is 15.4 Å². The number of nitrogens with one attached hydrogen (secondary N) is 2. The lowest BCUT2D eigenvalue weighted by Gasteiger charge is -2.37. The number of carbonyl (C=O) groups is 1. The summed E-state index contributed by atoms with van der Waals surface area (Å²) in [5.41, 5.74) is 9.98. The first kappa shape index (κ1) is 25.6. The van der Waals surface area contributed by atoms with Crippen LogP contribution >= 0.6 is 0 Å². The molecule has 4 N–H and O–H groups in total. The van der Waals surface area contributed by atoms with Crippen LogP contribution in [0, 0.1) is 5.41 Å². The molecule has 1 atom stereocenters. The van der Waals surface area contributed by atoms with Crippen LogP contribution in [0.3, 0.4) is 0 Å². The lowest BCUT2D eigenvalue weighted by atomic mass is 9.87. The number of alkyl halides is 2. The minimum absolute atomic E-state index is 0.0176. The quantitative estimate of drug-likeness (QED) is 0.400. The predicted octanol–water partition coefficient (Wildman–Crippen LogP) is 4.30. The van der Waals surface area contributed by atoms with Crippen molar-refractivity contribution in [2.75, 3.05) is 43.4 Å². The van der Waals surface area contributed by atoms with Crippen LogP contribution in [0.1, 0.15) is 48.3 Å². The fourth-order valence-corrected chi connectivity index (χ4v) is 5.38. The Labute approximate surface area is 220 Å². The number of urea groups is 1. The van der Waals surface area contributed by atoms with Crippen molar-refractivity contribution in [2.24, 2.45) is 10.8 Å². The lowest BCUT2D eigenvalue weighted by Crippen LogP contribution is -2.46. The third kappa shape index (κ3) is 5.18. The molecule has 38 heavy (non-hydrogen) atoms. The minimum Gasteiger partial charge on any atom is -0.358 e. The van der Waals surface area contributed by atoms with Crippen LogP contribution in [0.2, 0.25) is 0 Å². The zero-order valence-corrected chi connectivity index (χ0v) is 21.3. The van der Waals surface area contributed by atoms with Gasteiger partial charge in [0, 0.05) is 85.8 Å². The number of anilines is 2. The summed E-state index contributed by atoms with van der Waals surface area (Å²) in [7, 11) is 1.87. The monoisotopic (exact) mass is 522 g/mol. The molecule has 4 heterocycles. The normalized spacial score (nSPS) is 19.6. The van der Waals surface area contributed by atoms with E-state index in [1.807, 2.05) is 30.3 Å². The van der Waals surface area contributed by atoms with Gasteiger partial charge in [0.25, 0.3) is 6.43 Å². The first-order chi connectivity index (χ1) is 18.3. The first-order valence-corrected chi connectivity index (χ1v) is 12.8. The standard InChI is InChI=1S/C27H32F2N8O/c1-35-11-6-18(15-33-35)20-13-17-3-2-10-37(24(17)14-21(20)25(28)29)26(30)22-16-36(27(31)38)12-7-23(22)34-19-4-8-32-9-5-19/h4-5,8-9,13-15,18,25,30H,2-3,6-7,10-12,16H2,1H3,(H2,31,38)(H,32,34). The number of hydrogen-bond donors (Lipinski definition) is 3. The topological polar surface area (TPSA) is 114 Å². The van der Waals surface area contributed by atoms with Gasteiger partial charge < -0.3 is 25.9 Å². The second-order valence-electron chi connectivity index (χ2n) is 9.88. The molecule has 2 amide bonds. The number of pyridine rings is 1. The van der Waals surface area contributed by atoms with Gasteiger partial charge in [-0.15, -0.1) is 0 Å². The Morgan fingerprint density at radius 1 is 1.18 bits per heavy atom. The zero-order valence-electron chi connectivity index (χ0n) is 21.3. The highest BCUT2D eigenvalue weighted by Gasteiger charge is 2.32. The maximum Gasteiger partial charge on any atom is 0.315 e. The number of benzene rings is 1. The Hall–Kier alpha value is -4.02. The Morgan fingerprint density at radius 3 is 2.66 bits per heavy atom. The van der Waals surface area contributed by atoms with Gasteiger partial charge in [-0.3, -0.25) is 10.4 Å². The molecule has 0 spiro atoms. The number of amidine groups is 1. The van der Waals surface area contributed by atoms with E-state index in [4.69, 9.17) is 5.73 Å². The van der Waals surface area contributed by atoms with E-state index in [0.717, 1.165) is 36.2 Å². The van der Waals surface area contributed by atoms with E-state index < -0.39 is 12.5 Å². The van der Waals surface area contributed by atoms with Gasteiger partial charge in [-0.1, -0.05) is 6.07 Å². The molecule has 3 aliphatic rings. The average Bonchev–Trinajstić information content (AvgIpc) is 2.92. The fraction of sp³-hybridized carbons (Fsp3) is 0.407. The van der Waals surface area contributed by atoms with Crippen molar-refractivity contribution >= 4 is 29.5 Å². The first-order valence-electron chi connectivity index (χ1n) is 12.8. The minimum atomic E-state index is -2.65. The van der Waals surface area contributed by atoms with Crippen LogP contribution in [0.4, 0.5) is 25.0 Å². The summed E-state index contributed by atoms with van der Waals surface area (Å²) in [6.07, 6.45) is 5.18. The molecule has 2 aromatic rings. The number of aromatic nitrogens is 1. The van der Waals surface area contributed by atoms with Gasteiger partial charge in [0.05, 0.1) is 6.54 Å². The van der Waals surface area contributed by atoms with Crippen molar-refractivity contribution in [1.82, 2.24) is 14.9 Å². The van der Waals surface area contributed by atoms with E-state index in [0.29, 0.717) is 42.9 Å². The number of rotatable bonds is 5. The highest BCUT2D eigenvalue weighted by molar-refractivity contribution is 6.09. The van der Waals surface area contributed by atoms with E-state index >= 15 is 0 Å². The number of halogens is 2. The van der Waals surface area contributed by atoms with E-state index in [1.54, 1.807) is 29.6 Å². The number of nitrogens with zero attached hydrogens (tertiary/aromatic N) is 5. The van der Waals surface area contributed by atoms with Crippen molar-refractivity contribution < 1.29 is 13.6 Å². The molecule has 0 fully saturated rings. The lowest BCUT2D eigenvalue weighted by molar-refractivity contribution is 0.150. The number of primary amides is 1. The van der Waals surface area contributed by atoms with Crippen molar-refractivity contribution in [3.05, 3.63) is 64.6 Å². The van der Waals surface area contributed by atoms with E-state index in [9.17, 15) is 19.0 Å². The second kappa shape index (κ2) is 10.8. The molecular weight excluding hydrogens is 490 g/mol. The van der Waals surface area contributed by atoms with Gasteiger partial charge in [0.1, 0.15) is 5.84 Å². The van der Waals surface area contributed by atoms with Crippen molar-refractivity contribution in [3.8, 4) is 0 Å². The number of amides is 2. The molecule has 1 aromatic carbocycles. The summed E-state index contributed by atoms with van der Waals surface area (Å²) in [6, 6.07) is 6.54. The van der Waals surface area contributed by atoms with Crippen LogP contribution in [0.25, 0.3) is 0 Å². The summed E-state index contributed by atoms with van der Waals surface area (Å²) in [5, 5.41) is 18.7. The highest BCUT2D eigenvalue weighted by Crippen LogP contribution is 2.39. The number of aryl methyl sites for hydroxylation is 1. The molecule has 0 saturated heterocycles. The van der Waals surface area contributed by atoms with Gasteiger partial charge in [-0.05, 0) is 48.6 Å². The molecule has 0 saturated carbocycles. The molecule has 0 bridgehead atoms. The Kier molecular flexibility index (Phi) is 7.26. The number of hydrogen-bond acceptors (Lipinski definition) is 6. The van der Waals surface area contributed by atoms with Crippen molar-refractivity contribution in [2.45, 2.75) is 38.0 Å². The van der Waals surface area contributed by atoms with Crippen molar-refractivity contribution in [3.63, 3.8) is 0 Å². The average molecular weight is 523 g/mol. The molecule has 0 aliphatic carbocycles. The summed E-state index contributed by atoms with van der Waals surface area (Å²) in [4.78, 5) is 19.3. The third-order valence-electron chi connectivity index (χ3n) is 7.43. The molecule has 9 nitrogen and oxygen atoms in total. The smallest absolute Gasteiger partial charge is 0.315 e. The van der Waals surface area contributed by atoms with Crippen LogP contribution in [0.5, 0.6) is 0 Å². The third-order valence-corrected chi connectivity index (χ3v) is 7.43. The molecule has 3 aliphatic heterocycles. The van der Waals surface area contributed by atoms with Gasteiger partial charge in [0.15, 0.2) is 0 Å². The number of fused-ring (bicyclic) bond motifs is 1. The molecule has 1 unspecified atom stereocenters. The summed E-state index contributed by atoms with van der Waals surface area (Å²) in [5.74, 6) is 0.0129.